The van der Waals surface area contributed by atoms with E-state index in [1.165, 1.54) is 5.56 Å². The molecular formula is C20H31ClN2O. The van der Waals surface area contributed by atoms with Crippen LogP contribution in [0.1, 0.15) is 51.5 Å². The van der Waals surface area contributed by atoms with Crippen molar-refractivity contribution in [3.63, 3.8) is 0 Å². The summed E-state index contributed by atoms with van der Waals surface area (Å²) in [6.07, 6.45) is 5.52. The third-order valence-electron chi connectivity index (χ3n) is 6.45. The molecule has 0 aromatic heterocycles. The van der Waals surface area contributed by atoms with Gasteiger partial charge in [0.25, 0.3) is 0 Å². The lowest BCUT2D eigenvalue weighted by molar-refractivity contribution is -0.123. The summed E-state index contributed by atoms with van der Waals surface area (Å²) in [7, 11) is 0. The van der Waals surface area contributed by atoms with Crippen LogP contribution in [0.4, 0.5) is 0 Å². The molecule has 4 heteroatoms. The van der Waals surface area contributed by atoms with E-state index in [2.05, 4.69) is 54.8 Å². The van der Waals surface area contributed by atoms with Crippen molar-refractivity contribution < 1.29 is 4.79 Å². The summed E-state index contributed by atoms with van der Waals surface area (Å²) in [6, 6.07) is 10.7. The second kappa shape index (κ2) is 7.88. The number of carbonyl (C=O) groups is 1. The van der Waals surface area contributed by atoms with Crippen molar-refractivity contribution >= 4 is 18.3 Å². The topological polar surface area (TPSA) is 41.1 Å². The second-order valence-corrected chi connectivity index (χ2v) is 7.44. The molecule has 1 saturated heterocycles. The Morgan fingerprint density at radius 1 is 1.21 bits per heavy atom. The first-order chi connectivity index (χ1) is 11.2. The molecule has 2 N–H and O–H groups in total. The van der Waals surface area contributed by atoms with E-state index in [0.717, 1.165) is 51.7 Å². The average molecular weight is 351 g/mol. The minimum absolute atomic E-state index is 0. The largest absolute Gasteiger partial charge is 0.355 e. The molecule has 0 radical (unpaired) electrons. The van der Waals surface area contributed by atoms with Crippen LogP contribution < -0.4 is 10.6 Å². The summed E-state index contributed by atoms with van der Waals surface area (Å²) in [5, 5.41) is 6.70. The molecule has 134 valence electrons. The molecule has 1 amide bonds. The van der Waals surface area contributed by atoms with Gasteiger partial charge in [-0.1, -0.05) is 44.2 Å². The van der Waals surface area contributed by atoms with Crippen molar-refractivity contribution in [2.45, 2.75) is 51.4 Å². The molecule has 1 heterocycles. The van der Waals surface area contributed by atoms with E-state index in [4.69, 9.17) is 0 Å². The van der Waals surface area contributed by atoms with Gasteiger partial charge in [-0.05, 0) is 56.2 Å². The van der Waals surface area contributed by atoms with Crippen LogP contribution in [0.15, 0.2) is 30.3 Å². The fraction of sp³-hybridized carbons (Fsp3) is 0.650. The van der Waals surface area contributed by atoms with Gasteiger partial charge in [-0.15, -0.1) is 12.4 Å². The molecule has 1 aromatic rings. The summed E-state index contributed by atoms with van der Waals surface area (Å²) in [5.74, 6) is 0.542. The Morgan fingerprint density at radius 2 is 1.83 bits per heavy atom. The molecule has 3 nitrogen and oxygen atoms in total. The van der Waals surface area contributed by atoms with Crippen molar-refractivity contribution in [1.29, 1.82) is 0 Å². The number of halogens is 1. The Morgan fingerprint density at radius 3 is 2.42 bits per heavy atom. The third-order valence-corrected chi connectivity index (χ3v) is 6.45. The quantitative estimate of drug-likeness (QED) is 0.821. The lowest BCUT2D eigenvalue weighted by Gasteiger charge is -2.33. The molecule has 2 aliphatic rings. The van der Waals surface area contributed by atoms with Crippen molar-refractivity contribution in [2.75, 3.05) is 19.6 Å². The standard InChI is InChI=1S/C20H30N2O.ClH/c1-3-19(4-2,16-8-6-5-7-9-16)15-22-18(23)17-14-20(17)10-12-21-13-11-20;/h5-9,17,21H,3-4,10-15H2,1-2H3,(H,22,23);1H. The Bertz CT molecular complexity index is 536. The number of hydrogen-bond donors (Lipinski definition) is 2. The summed E-state index contributed by atoms with van der Waals surface area (Å²) in [4.78, 5) is 12.7. The monoisotopic (exact) mass is 350 g/mol. The Hall–Kier alpha value is -1.06. The number of benzene rings is 1. The van der Waals surface area contributed by atoms with Crippen molar-refractivity contribution in [3.05, 3.63) is 35.9 Å². The minimum atomic E-state index is 0. The Balaban J connectivity index is 0.00000208. The zero-order chi connectivity index (χ0) is 16.3. The highest BCUT2D eigenvalue weighted by molar-refractivity contribution is 5.85. The van der Waals surface area contributed by atoms with Crippen LogP contribution in [0.25, 0.3) is 0 Å². The Labute approximate surface area is 152 Å². The maximum absolute atomic E-state index is 12.7. The summed E-state index contributed by atoms with van der Waals surface area (Å²) >= 11 is 0. The van der Waals surface area contributed by atoms with Gasteiger partial charge >= 0.3 is 0 Å². The number of carbonyl (C=O) groups excluding carboxylic acids is 1. The second-order valence-electron chi connectivity index (χ2n) is 7.44. The molecule has 2 fully saturated rings. The van der Waals surface area contributed by atoms with Crippen molar-refractivity contribution in [2.24, 2.45) is 11.3 Å². The van der Waals surface area contributed by atoms with Crippen LogP contribution in [0, 0.1) is 11.3 Å². The van der Waals surface area contributed by atoms with Gasteiger partial charge in [-0.25, -0.2) is 0 Å². The highest BCUT2D eigenvalue weighted by atomic mass is 35.5. The average Bonchev–Trinajstić information content (AvgIpc) is 3.30. The van der Waals surface area contributed by atoms with E-state index < -0.39 is 0 Å². The minimum Gasteiger partial charge on any atom is -0.355 e. The maximum atomic E-state index is 12.7. The molecular weight excluding hydrogens is 320 g/mol. The highest BCUT2D eigenvalue weighted by Gasteiger charge is 2.57. The van der Waals surface area contributed by atoms with Gasteiger partial charge in [0, 0.05) is 17.9 Å². The molecule has 1 aromatic carbocycles. The van der Waals surface area contributed by atoms with Crippen LogP contribution in [-0.2, 0) is 10.2 Å². The first-order valence-corrected chi connectivity index (χ1v) is 9.20. The first-order valence-electron chi connectivity index (χ1n) is 9.20. The maximum Gasteiger partial charge on any atom is 0.223 e. The molecule has 3 rings (SSSR count). The van der Waals surface area contributed by atoms with E-state index in [9.17, 15) is 4.79 Å². The van der Waals surface area contributed by atoms with Gasteiger partial charge in [0.2, 0.25) is 5.91 Å². The SMILES string of the molecule is CCC(CC)(CNC(=O)C1CC12CCNCC2)c1ccccc1.Cl. The number of hydrogen-bond acceptors (Lipinski definition) is 2. The third kappa shape index (κ3) is 3.62. The lowest BCUT2D eigenvalue weighted by Crippen LogP contribution is -2.42. The van der Waals surface area contributed by atoms with E-state index in [1.807, 2.05) is 0 Å². The molecule has 1 aliphatic heterocycles. The molecule has 1 saturated carbocycles. The van der Waals surface area contributed by atoms with Gasteiger partial charge in [-0.3, -0.25) is 4.79 Å². The van der Waals surface area contributed by atoms with E-state index in [-0.39, 0.29) is 29.6 Å². The summed E-state index contributed by atoms with van der Waals surface area (Å²) in [5.41, 5.74) is 1.73. The van der Waals surface area contributed by atoms with Gasteiger partial charge in [0.1, 0.15) is 0 Å². The number of nitrogens with one attached hydrogen (secondary N) is 2. The number of amides is 1. The van der Waals surface area contributed by atoms with Crippen LogP contribution in [0.2, 0.25) is 0 Å². The van der Waals surface area contributed by atoms with Crippen LogP contribution >= 0.6 is 12.4 Å². The number of piperidine rings is 1. The van der Waals surface area contributed by atoms with Crippen LogP contribution in [0.3, 0.4) is 0 Å². The molecule has 0 bridgehead atoms. The highest BCUT2D eigenvalue weighted by Crippen LogP contribution is 2.58. The van der Waals surface area contributed by atoms with Gasteiger partial charge < -0.3 is 10.6 Å². The summed E-state index contributed by atoms with van der Waals surface area (Å²) in [6.45, 7) is 7.36. The molecule has 1 atom stereocenters. The molecule has 24 heavy (non-hydrogen) atoms. The molecule has 1 spiro atoms. The van der Waals surface area contributed by atoms with E-state index in [1.54, 1.807) is 0 Å². The smallest absolute Gasteiger partial charge is 0.223 e. The fourth-order valence-corrected chi connectivity index (χ4v) is 4.38. The molecule has 1 aliphatic carbocycles. The summed E-state index contributed by atoms with van der Waals surface area (Å²) < 4.78 is 0. The van der Waals surface area contributed by atoms with Crippen LogP contribution in [0.5, 0.6) is 0 Å². The lowest BCUT2D eigenvalue weighted by atomic mass is 9.75. The normalized spacial score (nSPS) is 21.8. The van der Waals surface area contributed by atoms with Crippen LogP contribution in [-0.4, -0.2) is 25.5 Å². The number of rotatable bonds is 6. The van der Waals surface area contributed by atoms with Gasteiger partial charge in [-0.2, -0.15) is 0 Å². The predicted octanol–water partition coefficient (Wildman–Crippen LogP) is 3.67. The van der Waals surface area contributed by atoms with Gasteiger partial charge in [0.15, 0.2) is 0 Å². The zero-order valence-corrected chi connectivity index (χ0v) is 15.8. The molecule has 1 unspecified atom stereocenters. The van der Waals surface area contributed by atoms with E-state index >= 15 is 0 Å². The Kier molecular flexibility index (Phi) is 6.33. The van der Waals surface area contributed by atoms with E-state index in [0.29, 0.717) is 5.41 Å². The van der Waals surface area contributed by atoms with Crippen molar-refractivity contribution in [3.8, 4) is 0 Å². The fourth-order valence-electron chi connectivity index (χ4n) is 4.38. The van der Waals surface area contributed by atoms with Crippen molar-refractivity contribution in [1.82, 2.24) is 10.6 Å². The predicted molar refractivity (Wildman–Crippen MR) is 102 cm³/mol. The zero-order valence-electron chi connectivity index (χ0n) is 14.9. The van der Waals surface area contributed by atoms with Gasteiger partial charge in [0.05, 0.1) is 0 Å². The first kappa shape index (κ1) is 19.3.